The number of anilines is 2. The van der Waals surface area contributed by atoms with E-state index >= 15 is 0 Å². The van der Waals surface area contributed by atoms with Crippen LogP contribution in [0.4, 0.5) is 16.2 Å². The Morgan fingerprint density at radius 1 is 0.860 bits per heavy atom. The third kappa shape index (κ3) is 6.59. The van der Waals surface area contributed by atoms with Crippen LogP contribution in [0.5, 0.6) is 0 Å². The third-order valence-corrected chi connectivity index (χ3v) is 9.34. The van der Waals surface area contributed by atoms with Gasteiger partial charge in [0.25, 0.3) is 0 Å². The van der Waals surface area contributed by atoms with E-state index in [0.29, 0.717) is 29.1 Å². The third-order valence-electron chi connectivity index (χ3n) is 8.84. The number of nitrogens with one attached hydrogen (secondary N) is 1. The molecule has 3 atom stereocenters. The Balaban J connectivity index is 1.23. The second kappa shape index (κ2) is 12.9. The first-order valence-electron chi connectivity index (χ1n) is 14.9. The highest BCUT2D eigenvalue weighted by molar-refractivity contribution is 6.30. The molecule has 1 aliphatic carbocycles. The first kappa shape index (κ1) is 30.0. The molecule has 4 N–H and O–H groups in total. The van der Waals surface area contributed by atoms with Gasteiger partial charge in [0.2, 0.25) is 0 Å². The number of hydrogen-bond donors (Lipinski definition) is 4. The number of carbonyl (C=O) groups excluding carboxylic acids is 1. The Bertz CT molecular complexity index is 1370. The van der Waals surface area contributed by atoms with E-state index in [2.05, 4.69) is 52.7 Å². The summed E-state index contributed by atoms with van der Waals surface area (Å²) in [6.07, 6.45) is 0.986. The first-order chi connectivity index (χ1) is 20.8. The van der Waals surface area contributed by atoms with Crippen molar-refractivity contribution in [2.75, 3.05) is 36.5 Å². The Morgan fingerprint density at radius 3 is 2.00 bits per heavy atom. The van der Waals surface area contributed by atoms with E-state index in [4.69, 9.17) is 33.0 Å². The number of likely N-dealkylation sites (tertiary alicyclic amines) is 1. The van der Waals surface area contributed by atoms with Crippen LogP contribution in [0.15, 0.2) is 66.7 Å². The van der Waals surface area contributed by atoms with Crippen LogP contribution >= 0.6 is 23.2 Å². The Labute approximate surface area is 261 Å². The molecule has 43 heavy (non-hydrogen) atoms. The van der Waals surface area contributed by atoms with Gasteiger partial charge in [-0.1, -0.05) is 53.5 Å². The van der Waals surface area contributed by atoms with Gasteiger partial charge in [0, 0.05) is 35.1 Å². The van der Waals surface area contributed by atoms with Crippen LogP contribution in [-0.4, -0.2) is 77.0 Å². The van der Waals surface area contributed by atoms with Crippen molar-refractivity contribution in [2.45, 2.75) is 56.0 Å². The largest absolute Gasteiger partial charge is 0.447 e. The van der Waals surface area contributed by atoms with Gasteiger partial charge < -0.3 is 35.2 Å². The van der Waals surface area contributed by atoms with Crippen molar-refractivity contribution in [3.63, 3.8) is 0 Å². The van der Waals surface area contributed by atoms with E-state index in [1.165, 1.54) is 24.1 Å². The van der Waals surface area contributed by atoms with Crippen LogP contribution < -0.4 is 10.2 Å². The molecule has 3 aliphatic rings. The average molecular weight is 627 g/mol. The molecule has 1 saturated carbocycles. The maximum Gasteiger partial charge on any atom is 0.409 e. The molecule has 3 aromatic rings. The summed E-state index contributed by atoms with van der Waals surface area (Å²) in [7, 11) is 0. The highest BCUT2D eigenvalue weighted by Gasteiger charge is 2.44. The summed E-state index contributed by atoms with van der Waals surface area (Å²) >= 11 is 12.5. The van der Waals surface area contributed by atoms with Gasteiger partial charge in [0.15, 0.2) is 0 Å². The average Bonchev–Trinajstić information content (AvgIpc) is 3.81. The van der Waals surface area contributed by atoms with Gasteiger partial charge in [-0.15, -0.1) is 0 Å². The fourth-order valence-corrected chi connectivity index (χ4v) is 6.57. The van der Waals surface area contributed by atoms with Crippen LogP contribution in [0, 0.1) is 5.92 Å². The zero-order valence-electron chi connectivity index (χ0n) is 23.8. The second-order valence-electron chi connectivity index (χ2n) is 11.8. The Kier molecular flexibility index (Phi) is 9.03. The molecule has 0 aromatic heterocycles. The number of piperidine rings is 1. The molecule has 1 saturated heterocycles. The van der Waals surface area contributed by atoms with Crippen LogP contribution in [0.25, 0.3) is 0 Å². The van der Waals surface area contributed by atoms with Gasteiger partial charge in [0.05, 0.1) is 18.0 Å². The van der Waals surface area contributed by atoms with E-state index < -0.39 is 24.9 Å². The van der Waals surface area contributed by atoms with Crippen molar-refractivity contribution < 1.29 is 24.9 Å². The molecule has 0 bridgehead atoms. The normalized spacial score (nSPS) is 20.1. The summed E-state index contributed by atoms with van der Waals surface area (Å²) in [4.78, 5) is 16.9. The Hall–Kier alpha value is -3.01. The van der Waals surface area contributed by atoms with Crippen LogP contribution in [0.1, 0.15) is 48.3 Å². The maximum absolute atomic E-state index is 12.7. The molecule has 2 fully saturated rings. The van der Waals surface area contributed by atoms with Crippen molar-refractivity contribution in [1.29, 1.82) is 0 Å². The lowest BCUT2D eigenvalue weighted by atomic mass is 9.85. The summed E-state index contributed by atoms with van der Waals surface area (Å²) in [5, 5.41) is 33.6. The number of nitrogens with zero attached hydrogens (tertiary/aromatic N) is 2. The molecular weight excluding hydrogens is 589 g/mol. The summed E-state index contributed by atoms with van der Waals surface area (Å²) < 4.78 is 5.22. The predicted octanol–water partition coefficient (Wildman–Crippen LogP) is 5.46. The van der Waals surface area contributed by atoms with Gasteiger partial charge in [-0.05, 0) is 84.7 Å². The number of fused-ring (bicyclic) bond motifs is 1. The minimum absolute atomic E-state index is 0.00187. The number of amides is 1. The topological polar surface area (TPSA) is 106 Å². The standard InChI is InChI=1S/C33H37Cl2N3O5/c34-24-8-3-20(4-9-24)31(21-5-10-25(35)11-6-21)23-7-12-27-28(17-23)38(32(36-27)22-1-2-22)26-13-15-37(16-14-26)33(42)43-19-30(41)29(40)18-39/h3-12,17,22,26,29-32,36,39-41H,1-2,13-16,18-19H2/t29-,30?,32?/m1/s1. The monoisotopic (exact) mass is 625 g/mol. The number of hydrogen-bond acceptors (Lipinski definition) is 7. The molecule has 0 spiro atoms. The lowest BCUT2D eigenvalue weighted by Crippen LogP contribution is -2.51. The molecule has 3 aromatic carbocycles. The van der Waals surface area contributed by atoms with Gasteiger partial charge in [-0.2, -0.15) is 0 Å². The fourth-order valence-electron chi connectivity index (χ4n) is 6.32. The number of aliphatic hydroxyl groups is 3. The molecular formula is C33H37Cl2N3O5. The number of rotatable bonds is 9. The molecule has 10 heteroatoms. The van der Waals surface area contributed by atoms with E-state index in [-0.39, 0.29) is 24.7 Å². The van der Waals surface area contributed by atoms with Crippen molar-refractivity contribution in [1.82, 2.24) is 4.90 Å². The highest BCUT2D eigenvalue weighted by atomic mass is 35.5. The lowest BCUT2D eigenvalue weighted by Gasteiger charge is -2.40. The molecule has 0 radical (unpaired) electrons. The van der Waals surface area contributed by atoms with Crippen LogP contribution in [0.2, 0.25) is 10.0 Å². The van der Waals surface area contributed by atoms with Gasteiger partial charge >= 0.3 is 6.09 Å². The number of halogens is 2. The number of aliphatic hydroxyl groups excluding tert-OH is 3. The molecule has 8 nitrogen and oxygen atoms in total. The molecule has 6 rings (SSSR count). The SMILES string of the molecule is O=C(OCC(O)[C@H](O)CO)N1CCC(N2c3cc(C(c4ccc(Cl)cc4)c4ccc(Cl)cc4)ccc3NC2C2CC2)CC1. The van der Waals surface area contributed by atoms with Gasteiger partial charge in [0.1, 0.15) is 25.0 Å². The minimum Gasteiger partial charge on any atom is -0.447 e. The van der Waals surface area contributed by atoms with Crippen molar-refractivity contribution in [2.24, 2.45) is 5.92 Å². The first-order valence-corrected chi connectivity index (χ1v) is 15.7. The van der Waals surface area contributed by atoms with Gasteiger partial charge in [-0.25, -0.2) is 4.79 Å². The second-order valence-corrected chi connectivity index (χ2v) is 12.6. The quantitative estimate of drug-likeness (QED) is 0.234. The summed E-state index contributed by atoms with van der Waals surface area (Å²) in [5.41, 5.74) is 5.78. The summed E-state index contributed by atoms with van der Waals surface area (Å²) in [6.45, 7) is 0.102. The minimum atomic E-state index is -1.34. The van der Waals surface area contributed by atoms with E-state index in [0.717, 1.165) is 29.7 Å². The Morgan fingerprint density at radius 2 is 1.44 bits per heavy atom. The fraction of sp³-hybridized carbons (Fsp3) is 0.424. The molecule has 1 amide bonds. The van der Waals surface area contributed by atoms with Gasteiger partial charge in [-0.3, -0.25) is 0 Å². The molecule has 2 unspecified atom stereocenters. The number of carbonyl (C=O) groups is 1. The van der Waals surface area contributed by atoms with Crippen molar-refractivity contribution in [3.05, 3.63) is 93.5 Å². The number of ether oxygens (including phenoxy) is 1. The smallest absolute Gasteiger partial charge is 0.409 e. The van der Waals surface area contributed by atoms with Crippen LogP contribution in [-0.2, 0) is 4.74 Å². The zero-order valence-corrected chi connectivity index (χ0v) is 25.3. The summed E-state index contributed by atoms with van der Waals surface area (Å²) in [6, 6.07) is 23.0. The van der Waals surface area contributed by atoms with E-state index in [1.54, 1.807) is 4.90 Å². The molecule has 2 aliphatic heterocycles. The zero-order chi connectivity index (χ0) is 30.1. The van der Waals surface area contributed by atoms with E-state index in [1.807, 2.05) is 24.3 Å². The van der Waals surface area contributed by atoms with Crippen LogP contribution in [0.3, 0.4) is 0 Å². The summed E-state index contributed by atoms with van der Waals surface area (Å²) in [5.74, 6) is 0.583. The highest BCUT2D eigenvalue weighted by Crippen LogP contribution is 2.48. The van der Waals surface area contributed by atoms with Crippen molar-refractivity contribution >= 4 is 40.7 Å². The maximum atomic E-state index is 12.7. The van der Waals surface area contributed by atoms with Crippen molar-refractivity contribution in [3.8, 4) is 0 Å². The predicted molar refractivity (Wildman–Crippen MR) is 168 cm³/mol. The lowest BCUT2D eigenvalue weighted by molar-refractivity contribution is -0.0465. The number of benzene rings is 3. The van der Waals surface area contributed by atoms with E-state index in [9.17, 15) is 15.0 Å². The molecule has 228 valence electrons. The molecule has 2 heterocycles.